The Morgan fingerprint density at radius 2 is 2.25 bits per heavy atom. The summed E-state index contributed by atoms with van der Waals surface area (Å²) in [5, 5.41) is 17.2. The fourth-order valence-electron chi connectivity index (χ4n) is 1.86. The first-order chi connectivity index (χ1) is 9.66. The van der Waals surface area contributed by atoms with Crippen LogP contribution in [0.2, 0.25) is 0 Å². The van der Waals surface area contributed by atoms with Crippen LogP contribution in [0.5, 0.6) is 0 Å². The highest BCUT2D eigenvalue weighted by Gasteiger charge is 2.06. The number of carbonyl (C=O) groups excluding carboxylic acids is 1. The third kappa shape index (κ3) is 3.86. The SMILES string of the molecule is CC(=O)NCCNC(C)c1cccc(-n2cnnn2)c1. The van der Waals surface area contributed by atoms with Gasteiger partial charge in [0, 0.05) is 26.1 Å². The van der Waals surface area contributed by atoms with Crippen LogP contribution in [0.1, 0.15) is 25.5 Å². The standard InChI is InChI=1S/C13H18N6O/c1-10(14-6-7-15-11(2)20)12-4-3-5-13(8-12)19-9-16-17-18-19/h3-5,8-10,14H,6-7H2,1-2H3,(H,15,20). The van der Waals surface area contributed by atoms with Crippen LogP contribution in [-0.4, -0.2) is 39.2 Å². The lowest BCUT2D eigenvalue weighted by Gasteiger charge is -2.15. The first-order valence-electron chi connectivity index (χ1n) is 6.48. The van der Waals surface area contributed by atoms with Gasteiger partial charge in [0.1, 0.15) is 6.33 Å². The molecule has 1 amide bonds. The lowest BCUT2D eigenvalue weighted by atomic mass is 10.1. The maximum Gasteiger partial charge on any atom is 0.216 e. The van der Waals surface area contributed by atoms with Gasteiger partial charge < -0.3 is 10.6 Å². The van der Waals surface area contributed by atoms with Crippen molar-refractivity contribution < 1.29 is 4.79 Å². The predicted molar refractivity (Wildman–Crippen MR) is 74.3 cm³/mol. The molecule has 2 rings (SSSR count). The summed E-state index contributed by atoms with van der Waals surface area (Å²) in [6, 6.07) is 8.18. The summed E-state index contributed by atoms with van der Waals surface area (Å²) in [4.78, 5) is 10.8. The van der Waals surface area contributed by atoms with Gasteiger partial charge >= 0.3 is 0 Å². The molecule has 1 heterocycles. The Kier molecular flexibility index (Phi) is 4.78. The molecule has 0 saturated carbocycles. The minimum absolute atomic E-state index is 0.0138. The summed E-state index contributed by atoms with van der Waals surface area (Å²) in [5.41, 5.74) is 2.06. The Bertz CT molecular complexity index is 554. The van der Waals surface area contributed by atoms with E-state index in [1.165, 1.54) is 6.92 Å². The van der Waals surface area contributed by atoms with E-state index in [0.29, 0.717) is 6.54 Å². The van der Waals surface area contributed by atoms with E-state index in [0.717, 1.165) is 17.8 Å². The Hall–Kier alpha value is -2.28. The average molecular weight is 274 g/mol. The fraction of sp³-hybridized carbons (Fsp3) is 0.385. The van der Waals surface area contributed by atoms with Crippen LogP contribution in [0.25, 0.3) is 5.69 Å². The van der Waals surface area contributed by atoms with Crippen molar-refractivity contribution in [3.63, 3.8) is 0 Å². The summed E-state index contributed by atoms with van der Waals surface area (Å²) in [5.74, 6) is -0.0138. The van der Waals surface area contributed by atoms with Gasteiger partial charge in [0.15, 0.2) is 0 Å². The molecule has 1 aromatic heterocycles. The molecule has 20 heavy (non-hydrogen) atoms. The second-order valence-corrected chi connectivity index (χ2v) is 4.51. The molecule has 2 N–H and O–H groups in total. The van der Waals surface area contributed by atoms with Crippen LogP contribution in [0.4, 0.5) is 0 Å². The normalized spacial score (nSPS) is 12.1. The molecule has 0 aliphatic carbocycles. The van der Waals surface area contributed by atoms with Gasteiger partial charge in [-0.15, -0.1) is 5.10 Å². The Balaban J connectivity index is 1.94. The zero-order valence-corrected chi connectivity index (χ0v) is 11.6. The highest BCUT2D eigenvalue weighted by molar-refractivity contribution is 5.72. The van der Waals surface area contributed by atoms with Crippen LogP contribution in [0.15, 0.2) is 30.6 Å². The van der Waals surface area contributed by atoms with Crippen molar-refractivity contribution >= 4 is 5.91 Å². The van der Waals surface area contributed by atoms with Crippen molar-refractivity contribution in [3.8, 4) is 5.69 Å². The molecule has 7 heteroatoms. The van der Waals surface area contributed by atoms with Gasteiger partial charge in [0.2, 0.25) is 5.91 Å². The average Bonchev–Trinajstić information content (AvgIpc) is 2.97. The molecule has 2 aromatic rings. The summed E-state index contributed by atoms with van der Waals surface area (Å²) in [7, 11) is 0. The van der Waals surface area contributed by atoms with E-state index >= 15 is 0 Å². The first-order valence-corrected chi connectivity index (χ1v) is 6.48. The molecular formula is C13H18N6O. The van der Waals surface area contributed by atoms with Crippen LogP contribution >= 0.6 is 0 Å². The lowest BCUT2D eigenvalue weighted by molar-refractivity contribution is -0.118. The molecule has 1 atom stereocenters. The number of rotatable bonds is 6. The van der Waals surface area contributed by atoms with Gasteiger partial charge in [-0.3, -0.25) is 4.79 Å². The Labute approximate surface area is 117 Å². The van der Waals surface area contributed by atoms with E-state index in [4.69, 9.17) is 0 Å². The van der Waals surface area contributed by atoms with Gasteiger partial charge in [0.05, 0.1) is 5.69 Å². The number of carbonyl (C=O) groups is 1. The largest absolute Gasteiger partial charge is 0.355 e. The van der Waals surface area contributed by atoms with Crippen molar-refractivity contribution in [2.75, 3.05) is 13.1 Å². The highest BCUT2D eigenvalue weighted by atomic mass is 16.1. The van der Waals surface area contributed by atoms with Crippen molar-refractivity contribution in [2.24, 2.45) is 0 Å². The number of aromatic nitrogens is 4. The smallest absolute Gasteiger partial charge is 0.216 e. The van der Waals surface area contributed by atoms with Crippen LogP contribution in [0, 0.1) is 0 Å². The molecular weight excluding hydrogens is 256 g/mol. The molecule has 1 aromatic carbocycles. The number of benzene rings is 1. The van der Waals surface area contributed by atoms with E-state index in [1.807, 2.05) is 24.3 Å². The highest BCUT2D eigenvalue weighted by Crippen LogP contribution is 2.15. The van der Waals surface area contributed by atoms with E-state index in [9.17, 15) is 4.79 Å². The predicted octanol–water partition coefficient (Wildman–Crippen LogP) is 0.449. The first kappa shape index (κ1) is 14.1. The van der Waals surface area contributed by atoms with Crippen LogP contribution < -0.4 is 10.6 Å². The Morgan fingerprint density at radius 3 is 2.95 bits per heavy atom. The number of nitrogens with zero attached hydrogens (tertiary/aromatic N) is 4. The Morgan fingerprint density at radius 1 is 1.40 bits per heavy atom. The summed E-state index contributed by atoms with van der Waals surface area (Å²) < 4.78 is 1.62. The second-order valence-electron chi connectivity index (χ2n) is 4.51. The van der Waals surface area contributed by atoms with Gasteiger partial charge in [-0.05, 0) is 35.0 Å². The molecule has 0 radical (unpaired) electrons. The van der Waals surface area contributed by atoms with Crippen LogP contribution in [0.3, 0.4) is 0 Å². The molecule has 1 unspecified atom stereocenters. The zero-order chi connectivity index (χ0) is 14.4. The maximum absolute atomic E-state index is 10.8. The van der Waals surface area contributed by atoms with Gasteiger partial charge in [-0.1, -0.05) is 12.1 Å². The molecule has 7 nitrogen and oxygen atoms in total. The maximum atomic E-state index is 10.8. The molecule has 0 saturated heterocycles. The zero-order valence-electron chi connectivity index (χ0n) is 11.6. The van der Waals surface area contributed by atoms with Gasteiger partial charge in [-0.25, -0.2) is 4.68 Å². The molecule has 0 spiro atoms. The third-order valence-corrected chi connectivity index (χ3v) is 2.93. The third-order valence-electron chi connectivity index (χ3n) is 2.93. The van der Waals surface area contributed by atoms with Gasteiger partial charge in [-0.2, -0.15) is 0 Å². The second kappa shape index (κ2) is 6.76. The summed E-state index contributed by atoms with van der Waals surface area (Å²) in [6.45, 7) is 4.92. The van der Waals surface area contributed by atoms with Crippen molar-refractivity contribution in [1.82, 2.24) is 30.8 Å². The number of amides is 1. The molecule has 0 aliphatic heterocycles. The minimum Gasteiger partial charge on any atom is -0.355 e. The van der Waals surface area contributed by atoms with Crippen LogP contribution in [-0.2, 0) is 4.79 Å². The number of hydrogen-bond donors (Lipinski definition) is 2. The van der Waals surface area contributed by atoms with Gasteiger partial charge in [0.25, 0.3) is 0 Å². The quantitative estimate of drug-likeness (QED) is 0.747. The topological polar surface area (TPSA) is 84.7 Å². The van der Waals surface area contributed by atoms with Crippen molar-refractivity contribution in [1.29, 1.82) is 0 Å². The lowest BCUT2D eigenvalue weighted by Crippen LogP contribution is -2.31. The number of hydrogen-bond acceptors (Lipinski definition) is 5. The van der Waals surface area contributed by atoms with E-state index in [2.05, 4.69) is 33.1 Å². The summed E-state index contributed by atoms with van der Waals surface area (Å²) in [6.07, 6.45) is 1.56. The van der Waals surface area contributed by atoms with E-state index < -0.39 is 0 Å². The molecule has 0 fully saturated rings. The van der Waals surface area contributed by atoms with E-state index in [-0.39, 0.29) is 11.9 Å². The van der Waals surface area contributed by atoms with Crippen molar-refractivity contribution in [3.05, 3.63) is 36.2 Å². The molecule has 106 valence electrons. The summed E-state index contributed by atoms with van der Waals surface area (Å²) >= 11 is 0. The minimum atomic E-state index is -0.0138. The molecule has 0 bridgehead atoms. The number of tetrazole rings is 1. The van der Waals surface area contributed by atoms with Crippen molar-refractivity contribution in [2.45, 2.75) is 19.9 Å². The monoisotopic (exact) mass is 274 g/mol. The fourth-order valence-corrected chi connectivity index (χ4v) is 1.86. The number of nitrogens with one attached hydrogen (secondary N) is 2. The van der Waals surface area contributed by atoms with E-state index in [1.54, 1.807) is 11.0 Å². The molecule has 0 aliphatic rings.